The van der Waals surface area contributed by atoms with E-state index in [4.69, 9.17) is 0 Å². The van der Waals surface area contributed by atoms with Gasteiger partial charge in [0, 0.05) is 19.0 Å². The SMILES string of the molecule is O=C(C1CCNCC1)N1CCC1. The van der Waals surface area contributed by atoms with Crippen LogP contribution in [0.2, 0.25) is 0 Å². The molecule has 0 radical (unpaired) electrons. The van der Waals surface area contributed by atoms with E-state index < -0.39 is 0 Å². The predicted octanol–water partition coefficient (Wildman–Crippen LogP) is 0.218. The number of hydrogen-bond donors (Lipinski definition) is 1. The van der Waals surface area contributed by atoms with Gasteiger partial charge < -0.3 is 10.2 Å². The minimum atomic E-state index is 0.326. The van der Waals surface area contributed by atoms with Crippen molar-refractivity contribution in [3.63, 3.8) is 0 Å². The summed E-state index contributed by atoms with van der Waals surface area (Å²) < 4.78 is 0. The highest BCUT2D eigenvalue weighted by Gasteiger charge is 2.28. The number of nitrogens with zero attached hydrogens (tertiary/aromatic N) is 1. The average molecular weight is 168 g/mol. The summed E-state index contributed by atoms with van der Waals surface area (Å²) in [5, 5.41) is 3.27. The van der Waals surface area contributed by atoms with E-state index >= 15 is 0 Å². The van der Waals surface area contributed by atoms with E-state index in [9.17, 15) is 4.79 Å². The Morgan fingerprint density at radius 1 is 1.25 bits per heavy atom. The molecule has 3 nitrogen and oxygen atoms in total. The molecular formula is C9H16N2O. The molecule has 0 aliphatic carbocycles. The van der Waals surface area contributed by atoms with Gasteiger partial charge in [-0.05, 0) is 32.4 Å². The summed E-state index contributed by atoms with van der Waals surface area (Å²) in [4.78, 5) is 13.7. The van der Waals surface area contributed by atoms with Gasteiger partial charge in [0.2, 0.25) is 5.91 Å². The Balaban J connectivity index is 1.84. The van der Waals surface area contributed by atoms with Gasteiger partial charge >= 0.3 is 0 Å². The molecule has 2 heterocycles. The third-order valence-corrected chi connectivity index (χ3v) is 2.86. The maximum absolute atomic E-state index is 11.7. The van der Waals surface area contributed by atoms with E-state index in [1.54, 1.807) is 0 Å². The minimum absolute atomic E-state index is 0.326. The third-order valence-electron chi connectivity index (χ3n) is 2.86. The van der Waals surface area contributed by atoms with Crippen LogP contribution in [0, 0.1) is 5.92 Å². The van der Waals surface area contributed by atoms with Gasteiger partial charge in [-0.3, -0.25) is 4.79 Å². The lowest BCUT2D eigenvalue weighted by Crippen LogP contribution is -2.47. The highest BCUT2D eigenvalue weighted by Crippen LogP contribution is 2.18. The molecule has 0 saturated carbocycles. The number of rotatable bonds is 1. The van der Waals surface area contributed by atoms with E-state index in [1.807, 2.05) is 4.90 Å². The van der Waals surface area contributed by atoms with Gasteiger partial charge in [0.25, 0.3) is 0 Å². The number of carbonyl (C=O) groups excluding carboxylic acids is 1. The van der Waals surface area contributed by atoms with Crippen molar-refractivity contribution in [3.05, 3.63) is 0 Å². The van der Waals surface area contributed by atoms with Crippen LogP contribution in [-0.2, 0) is 4.79 Å². The third kappa shape index (κ3) is 1.46. The predicted molar refractivity (Wildman–Crippen MR) is 46.8 cm³/mol. The first-order chi connectivity index (χ1) is 5.88. The maximum atomic E-state index is 11.7. The molecule has 12 heavy (non-hydrogen) atoms. The highest BCUT2D eigenvalue weighted by molar-refractivity contribution is 5.79. The van der Waals surface area contributed by atoms with Crippen LogP contribution < -0.4 is 5.32 Å². The molecule has 3 heteroatoms. The first-order valence-electron chi connectivity index (χ1n) is 4.87. The van der Waals surface area contributed by atoms with Crippen LogP contribution in [0.5, 0.6) is 0 Å². The Morgan fingerprint density at radius 2 is 1.92 bits per heavy atom. The topological polar surface area (TPSA) is 32.3 Å². The summed E-state index contributed by atoms with van der Waals surface area (Å²) in [6, 6.07) is 0. The van der Waals surface area contributed by atoms with Crippen molar-refractivity contribution in [3.8, 4) is 0 Å². The van der Waals surface area contributed by atoms with Crippen molar-refractivity contribution < 1.29 is 4.79 Å². The van der Waals surface area contributed by atoms with E-state index in [0.717, 1.165) is 39.0 Å². The van der Waals surface area contributed by atoms with Crippen molar-refractivity contribution in [2.75, 3.05) is 26.2 Å². The summed E-state index contributed by atoms with van der Waals surface area (Å²) in [5.41, 5.74) is 0. The molecule has 2 saturated heterocycles. The Bertz CT molecular complexity index is 171. The standard InChI is InChI=1S/C9H16N2O/c12-9(11-6-1-7-11)8-2-4-10-5-3-8/h8,10H,1-7H2. The van der Waals surface area contributed by atoms with Crippen molar-refractivity contribution >= 4 is 5.91 Å². The van der Waals surface area contributed by atoms with Crippen LogP contribution in [0.15, 0.2) is 0 Å². The first-order valence-corrected chi connectivity index (χ1v) is 4.87. The van der Waals surface area contributed by atoms with Gasteiger partial charge in [-0.2, -0.15) is 0 Å². The van der Waals surface area contributed by atoms with Crippen molar-refractivity contribution in [1.29, 1.82) is 0 Å². The van der Waals surface area contributed by atoms with Crippen LogP contribution >= 0.6 is 0 Å². The van der Waals surface area contributed by atoms with Crippen molar-refractivity contribution in [2.45, 2.75) is 19.3 Å². The lowest BCUT2D eigenvalue weighted by Gasteiger charge is -2.35. The van der Waals surface area contributed by atoms with Crippen LogP contribution in [-0.4, -0.2) is 37.0 Å². The number of carbonyl (C=O) groups is 1. The Morgan fingerprint density at radius 3 is 2.42 bits per heavy atom. The van der Waals surface area contributed by atoms with Crippen LogP contribution in [0.25, 0.3) is 0 Å². The van der Waals surface area contributed by atoms with Crippen LogP contribution in [0.3, 0.4) is 0 Å². The minimum Gasteiger partial charge on any atom is -0.342 e. The van der Waals surface area contributed by atoms with Gasteiger partial charge in [-0.1, -0.05) is 0 Å². The van der Waals surface area contributed by atoms with Gasteiger partial charge in [0.05, 0.1) is 0 Å². The second kappa shape index (κ2) is 3.44. The molecule has 0 aromatic rings. The molecule has 0 aromatic heterocycles. The normalized spacial score (nSPS) is 25.2. The van der Waals surface area contributed by atoms with Gasteiger partial charge in [0.1, 0.15) is 0 Å². The smallest absolute Gasteiger partial charge is 0.225 e. The van der Waals surface area contributed by atoms with Crippen LogP contribution in [0.4, 0.5) is 0 Å². The van der Waals surface area contributed by atoms with Gasteiger partial charge in [-0.15, -0.1) is 0 Å². The van der Waals surface area contributed by atoms with Gasteiger partial charge in [-0.25, -0.2) is 0 Å². The quantitative estimate of drug-likeness (QED) is 0.607. The number of piperidine rings is 1. The fourth-order valence-electron chi connectivity index (χ4n) is 1.86. The molecule has 0 aromatic carbocycles. The molecule has 0 bridgehead atoms. The van der Waals surface area contributed by atoms with E-state index in [0.29, 0.717) is 11.8 Å². The lowest BCUT2D eigenvalue weighted by atomic mass is 9.95. The van der Waals surface area contributed by atoms with E-state index in [2.05, 4.69) is 5.32 Å². The Kier molecular flexibility index (Phi) is 2.30. The zero-order valence-electron chi connectivity index (χ0n) is 7.38. The second-order valence-corrected chi connectivity index (χ2v) is 3.70. The number of amides is 1. The first kappa shape index (κ1) is 8.05. The molecular weight excluding hydrogens is 152 g/mol. The summed E-state index contributed by atoms with van der Waals surface area (Å²) >= 11 is 0. The Hall–Kier alpha value is -0.570. The molecule has 1 amide bonds. The summed E-state index contributed by atoms with van der Waals surface area (Å²) in [7, 11) is 0. The Labute approximate surface area is 73.1 Å². The summed E-state index contributed by atoms with van der Waals surface area (Å²) in [6.07, 6.45) is 3.28. The molecule has 1 N–H and O–H groups in total. The summed E-state index contributed by atoms with van der Waals surface area (Å²) in [6.45, 7) is 4.04. The van der Waals surface area contributed by atoms with Crippen molar-refractivity contribution in [1.82, 2.24) is 10.2 Å². The molecule has 2 rings (SSSR count). The molecule has 2 fully saturated rings. The summed E-state index contributed by atoms with van der Waals surface area (Å²) in [5.74, 6) is 0.731. The average Bonchev–Trinajstić information content (AvgIpc) is 2.03. The van der Waals surface area contributed by atoms with Crippen LogP contribution in [0.1, 0.15) is 19.3 Å². The number of likely N-dealkylation sites (tertiary alicyclic amines) is 1. The lowest BCUT2D eigenvalue weighted by molar-refractivity contribution is -0.139. The van der Waals surface area contributed by atoms with E-state index in [-0.39, 0.29) is 0 Å². The molecule has 0 spiro atoms. The number of nitrogens with one attached hydrogen (secondary N) is 1. The zero-order valence-corrected chi connectivity index (χ0v) is 7.38. The van der Waals surface area contributed by atoms with Crippen molar-refractivity contribution in [2.24, 2.45) is 5.92 Å². The fourth-order valence-corrected chi connectivity index (χ4v) is 1.86. The molecule has 2 aliphatic rings. The number of hydrogen-bond acceptors (Lipinski definition) is 2. The zero-order chi connectivity index (χ0) is 8.39. The molecule has 2 aliphatic heterocycles. The molecule has 0 unspecified atom stereocenters. The monoisotopic (exact) mass is 168 g/mol. The molecule has 68 valence electrons. The molecule has 0 atom stereocenters. The van der Waals surface area contributed by atoms with E-state index in [1.165, 1.54) is 6.42 Å². The highest BCUT2D eigenvalue weighted by atomic mass is 16.2. The maximum Gasteiger partial charge on any atom is 0.225 e. The fraction of sp³-hybridized carbons (Fsp3) is 0.889. The largest absolute Gasteiger partial charge is 0.342 e. The van der Waals surface area contributed by atoms with Gasteiger partial charge in [0.15, 0.2) is 0 Å². The second-order valence-electron chi connectivity index (χ2n) is 3.70.